The summed E-state index contributed by atoms with van der Waals surface area (Å²) in [5.74, 6) is -0.399. The molecule has 0 saturated heterocycles. The SMILES string of the molecule is CC(CN)N(C)c1ccc(F)c(Cl)c1. The number of hydrogen-bond acceptors (Lipinski definition) is 2. The van der Waals surface area contributed by atoms with Gasteiger partial charge in [0.05, 0.1) is 5.02 Å². The molecule has 2 N–H and O–H groups in total. The van der Waals surface area contributed by atoms with Crippen LogP contribution in [0.4, 0.5) is 10.1 Å². The first-order chi connectivity index (χ1) is 6.56. The van der Waals surface area contributed by atoms with Gasteiger partial charge in [-0.3, -0.25) is 0 Å². The first-order valence-electron chi connectivity index (χ1n) is 4.44. The summed E-state index contributed by atoms with van der Waals surface area (Å²) in [6.07, 6.45) is 0. The Morgan fingerprint density at radius 2 is 2.21 bits per heavy atom. The highest BCUT2D eigenvalue weighted by Crippen LogP contribution is 2.22. The monoisotopic (exact) mass is 216 g/mol. The van der Waals surface area contributed by atoms with Crippen LogP contribution in [0.2, 0.25) is 5.02 Å². The lowest BCUT2D eigenvalue weighted by molar-refractivity contribution is 0.627. The van der Waals surface area contributed by atoms with Crippen molar-refractivity contribution >= 4 is 17.3 Å². The Bertz CT molecular complexity index is 317. The van der Waals surface area contributed by atoms with Crippen molar-refractivity contribution in [2.24, 2.45) is 5.73 Å². The van der Waals surface area contributed by atoms with Crippen molar-refractivity contribution < 1.29 is 4.39 Å². The zero-order valence-electron chi connectivity index (χ0n) is 8.30. The highest BCUT2D eigenvalue weighted by molar-refractivity contribution is 6.31. The highest BCUT2D eigenvalue weighted by atomic mass is 35.5. The molecule has 0 aromatic heterocycles. The number of halogens is 2. The molecule has 0 radical (unpaired) electrons. The number of benzene rings is 1. The molecule has 1 atom stereocenters. The Hall–Kier alpha value is -0.800. The Labute approximate surface area is 88.5 Å². The topological polar surface area (TPSA) is 29.3 Å². The predicted molar refractivity (Wildman–Crippen MR) is 58.3 cm³/mol. The molecule has 14 heavy (non-hydrogen) atoms. The summed E-state index contributed by atoms with van der Waals surface area (Å²) in [6.45, 7) is 2.54. The summed E-state index contributed by atoms with van der Waals surface area (Å²) < 4.78 is 12.9. The lowest BCUT2D eigenvalue weighted by Crippen LogP contribution is -2.35. The molecule has 0 aliphatic rings. The first kappa shape index (κ1) is 11.3. The lowest BCUT2D eigenvalue weighted by Gasteiger charge is -2.25. The number of nitrogens with zero attached hydrogens (tertiary/aromatic N) is 1. The summed E-state index contributed by atoms with van der Waals surface area (Å²) in [6, 6.07) is 4.85. The van der Waals surface area contributed by atoms with Crippen LogP contribution < -0.4 is 10.6 Å². The van der Waals surface area contributed by atoms with E-state index in [1.165, 1.54) is 6.07 Å². The second-order valence-electron chi connectivity index (χ2n) is 3.29. The number of hydrogen-bond donors (Lipinski definition) is 1. The van der Waals surface area contributed by atoms with Crippen molar-refractivity contribution in [3.8, 4) is 0 Å². The van der Waals surface area contributed by atoms with Crippen molar-refractivity contribution in [1.82, 2.24) is 0 Å². The molecule has 1 unspecified atom stereocenters. The maximum Gasteiger partial charge on any atom is 0.141 e. The molecule has 1 aromatic carbocycles. The average Bonchev–Trinajstić information content (AvgIpc) is 2.20. The maximum absolute atomic E-state index is 12.9. The molecule has 4 heteroatoms. The van der Waals surface area contributed by atoms with Gasteiger partial charge in [-0.25, -0.2) is 4.39 Å². The van der Waals surface area contributed by atoms with Crippen LogP contribution >= 0.6 is 11.6 Å². The summed E-state index contributed by atoms with van der Waals surface area (Å²) >= 11 is 5.67. The zero-order valence-corrected chi connectivity index (χ0v) is 9.05. The van der Waals surface area contributed by atoms with Crippen LogP contribution in [-0.2, 0) is 0 Å². The van der Waals surface area contributed by atoms with Crippen LogP contribution in [0.25, 0.3) is 0 Å². The van der Waals surface area contributed by atoms with Crippen molar-refractivity contribution in [1.29, 1.82) is 0 Å². The van der Waals surface area contributed by atoms with E-state index in [9.17, 15) is 4.39 Å². The quantitative estimate of drug-likeness (QED) is 0.840. The standard InChI is InChI=1S/C10H14ClFN2/c1-7(6-13)14(2)8-3-4-10(12)9(11)5-8/h3-5,7H,6,13H2,1-2H3. The third-order valence-electron chi connectivity index (χ3n) is 2.31. The Morgan fingerprint density at radius 1 is 1.57 bits per heavy atom. The van der Waals surface area contributed by atoms with Gasteiger partial charge in [0.15, 0.2) is 0 Å². The van der Waals surface area contributed by atoms with Gasteiger partial charge < -0.3 is 10.6 Å². The van der Waals surface area contributed by atoms with Crippen LogP contribution in [0.15, 0.2) is 18.2 Å². The van der Waals surface area contributed by atoms with E-state index in [0.29, 0.717) is 6.54 Å². The fraction of sp³-hybridized carbons (Fsp3) is 0.400. The molecule has 1 rings (SSSR count). The van der Waals surface area contributed by atoms with Gasteiger partial charge in [0.1, 0.15) is 5.82 Å². The molecule has 78 valence electrons. The molecule has 0 spiro atoms. The molecular weight excluding hydrogens is 203 g/mol. The van der Waals surface area contributed by atoms with Crippen molar-refractivity contribution in [3.05, 3.63) is 29.0 Å². The van der Waals surface area contributed by atoms with E-state index in [-0.39, 0.29) is 11.1 Å². The Morgan fingerprint density at radius 3 is 2.71 bits per heavy atom. The zero-order chi connectivity index (χ0) is 10.7. The van der Waals surface area contributed by atoms with Crippen molar-refractivity contribution in [2.75, 3.05) is 18.5 Å². The average molecular weight is 217 g/mol. The highest BCUT2D eigenvalue weighted by Gasteiger charge is 2.09. The molecular formula is C10H14ClFN2. The minimum atomic E-state index is -0.399. The maximum atomic E-state index is 12.9. The summed E-state index contributed by atoms with van der Waals surface area (Å²) in [4.78, 5) is 1.96. The van der Waals surface area contributed by atoms with E-state index >= 15 is 0 Å². The van der Waals surface area contributed by atoms with Crippen molar-refractivity contribution in [2.45, 2.75) is 13.0 Å². The fourth-order valence-electron chi connectivity index (χ4n) is 1.12. The second-order valence-corrected chi connectivity index (χ2v) is 3.70. The summed E-state index contributed by atoms with van der Waals surface area (Å²) in [5.41, 5.74) is 6.40. The van der Waals surface area contributed by atoms with Crippen LogP contribution in [0.3, 0.4) is 0 Å². The van der Waals surface area contributed by atoms with E-state index in [0.717, 1.165) is 5.69 Å². The minimum Gasteiger partial charge on any atom is -0.371 e. The van der Waals surface area contributed by atoms with Gasteiger partial charge in [0.25, 0.3) is 0 Å². The van der Waals surface area contributed by atoms with Gasteiger partial charge in [-0.05, 0) is 25.1 Å². The van der Waals surface area contributed by atoms with Crippen molar-refractivity contribution in [3.63, 3.8) is 0 Å². The van der Waals surface area contributed by atoms with Gasteiger partial charge in [0, 0.05) is 25.3 Å². The van der Waals surface area contributed by atoms with Gasteiger partial charge in [0.2, 0.25) is 0 Å². The van der Waals surface area contributed by atoms with Crippen LogP contribution in [-0.4, -0.2) is 19.6 Å². The number of likely N-dealkylation sites (N-methyl/N-ethyl adjacent to an activating group) is 1. The normalized spacial score (nSPS) is 12.6. The summed E-state index contributed by atoms with van der Waals surface area (Å²) in [7, 11) is 1.90. The molecule has 0 saturated carbocycles. The van der Waals surface area contributed by atoms with Gasteiger partial charge >= 0.3 is 0 Å². The van der Waals surface area contributed by atoms with Crippen LogP contribution in [0, 0.1) is 5.82 Å². The number of anilines is 1. The van der Waals surface area contributed by atoms with Gasteiger partial charge in [-0.15, -0.1) is 0 Å². The Kier molecular flexibility index (Phi) is 3.72. The molecule has 1 aromatic rings. The Balaban J connectivity index is 2.91. The van der Waals surface area contributed by atoms with Crippen LogP contribution in [0.5, 0.6) is 0 Å². The molecule has 0 amide bonds. The molecule has 0 bridgehead atoms. The number of rotatable bonds is 3. The molecule has 2 nitrogen and oxygen atoms in total. The molecule has 0 heterocycles. The summed E-state index contributed by atoms with van der Waals surface area (Å²) in [5, 5.41) is 0.138. The lowest BCUT2D eigenvalue weighted by atomic mass is 10.2. The molecule has 0 aliphatic carbocycles. The van der Waals surface area contributed by atoms with E-state index in [4.69, 9.17) is 17.3 Å². The minimum absolute atomic E-state index is 0.138. The number of nitrogens with two attached hydrogens (primary N) is 1. The molecule has 0 fully saturated rings. The first-order valence-corrected chi connectivity index (χ1v) is 4.82. The third kappa shape index (κ3) is 2.36. The predicted octanol–water partition coefficient (Wildman–Crippen LogP) is 2.26. The van der Waals surface area contributed by atoms with Crippen LogP contribution in [0.1, 0.15) is 6.92 Å². The van der Waals surface area contributed by atoms with Gasteiger partial charge in [-0.1, -0.05) is 11.6 Å². The second kappa shape index (κ2) is 4.62. The van der Waals surface area contributed by atoms with Gasteiger partial charge in [-0.2, -0.15) is 0 Å². The third-order valence-corrected chi connectivity index (χ3v) is 2.60. The van der Waals surface area contributed by atoms with E-state index < -0.39 is 5.82 Å². The van der Waals surface area contributed by atoms with E-state index in [1.54, 1.807) is 12.1 Å². The largest absolute Gasteiger partial charge is 0.371 e. The van der Waals surface area contributed by atoms with E-state index in [2.05, 4.69) is 0 Å². The van der Waals surface area contributed by atoms with E-state index in [1.807, 2.05) is 18.9 Å². The smallest absolute Gasteiger partial charge is 0.141 e. The molecule has 0 aliphatic heterocycles. The fourth-order valence-corrected chi connectivity index (χ4v) is 1.29.